The van der Waals surface area contributed by atoms with E-state index < -0.39 is 0 Å². The molecule has 11 heavy (non-hydrogen) atoms. The molecule has 2 heteroatoms. The summed E-state index contributed by atoms with van der Waals surface area (Å²) in [5.41, 5.74) is 0. The highest BCUT2D eigenvalue weighted by molar-refractivity contribution is 5.54. The molecule has 0 fully saturated rings. The van der Waals surface area contributed by atoms with Crippen molar-refractivity contribution in [3.63, 3.8) is 0 Å². The molecule has 62 valence electrons. The number of carbonyl (C=O) groups is 1. The molecule has 0 bridgehead atoms. The van der Waals surface area contributed by atoms with Crippen molar-refractivity contribution in [2.45, 2.75) is 27.2 Å². The van der Waals surface area contributed by atoms with Gasteiger partial charge in [0.05, 0.1) is 12.0 Å². The standard InChI is InChI=1S/C9H15NO/c1-7(2)4-9(5-10)8(3)6-11/h6-9H,4H2,1-3H3/t8?,9-/m1/s1. The fourth-order valence-corrected chi connectivity index (χ4v) is 0.988. The van der Waals surface area contributed by atoms with Gasteiger partial charge in [0.1, 0.15) is 6.29 Å². The molecule has 0 aliphatic carbocycles. The van der Waals surface area contributed by atoms with Crippen molar-refractivity contribution in [3.8, 4) is 6.07 Å². The molecular formula is C9H15NO. The van der Waals surface area contributed by atoms with Crippen LogP contribution < -0.4 is 0 Å². The van der Waals surface area contributed by atoms with E-state index in [2.05, 4.69) is 19.9 Å². The molecule has 0 heterocycles. The molecule has 0 aliphatic rings. The van der Waals surface area contributed by atoms with Crippen molar-refractivity contribution in [2.75, 3.05) is 0 Å². The summed E-state index contributed by atoms with van der Waals surface area (Å²) in [5, 5.41) is 8.67. The summed E-state index contributed by atoms with van der Waals surface area (Å²) in [7, 11) is 0. The van der Waals surface area contributed by atoms with Crippen molar-refractivity contribution in [2.24, 2.45) is 17.8 Å². The maximum Gasteiger partial charge on any atom is 0.124 e. The minimum atomic E-state index is -0.123. The zero-order valence-electron chi connectivity index (χ0n) is 7.37. The summed E-state index contributed by atoms with van der Waals surface area (Å²) in [5.74, 6) is 0.261. The van der Waals surface area contributed by atoms with Crippen LogP contribution in [0.15, 0.2) is 0 Å². The van der Waals surface area contributed by atoms with E-state index in [1.54, 1.807) is 6.92 Å². The molecule has 2 nitrogen and oxygen atoms in total. The molecule has 0 aromatic rings. The topological polar surface area (TPSA) is 40.9 Å². The monoisotopic (exact) mass is 153 g/mol. The first kappa shape index (κ1) is 10.2. The molecule has 0 radical (unpaired) electrons. The van der Waals surface area contributed by atoms with Crippen molar-refractivity contribution in [3.05, 3.63) is 0 Å². The number of carbonyl (C=O) groups excluding carboxylic acids is 1. The molecule has 2 atom stereocenters. The third kappa shape index (κ3) is 3.77. The second-order valence-electron chi connectivity index (χ2n) is 3.36. The zero-order chi connectivity index (χ0) is 8.85. The predicted octanol–water partition coefficient (Wildman–Crippen LogP) is 2.01. The van der Waals surface area contributed by atoms with Crippen molar-refractivity contribution >= 4 is 6.29 Å². The lowest BCUT2D eigenvalue weighted by Crippen LogP contribution is -2.13. The van der Waals surface area contributed by atoms with Gasteiger partial charge in [0.25, 0.3) is 0 Å². The third-order valence-electron chi connectivity index (χ3n) is 1.74. The normalized spacial score (nSPS) is 15.5. The highest BCUT2D eigenvalue weighted by Crippen LogP contribution is 2.17. The number of hydrogen-bond acceptors (Lipinski definition) is 2. The van der Waals surface area contributed by atoms with Crippen LogP contribution in [0.3, 0.4) is 0 Å². The van der Waals surface area contributed by atoms with Crippen LogP contribution in [0.1, 0.15) is 27.2 Å². The number of nitrogens with zero attached hydrogens (tertiary/aromatic N) is 1. The molecule has 0 saturated heterocycles. The average Bonchev–Trinajstić information content (AvgIpc) is 1.98. The maximum atomic E-state index is 10.3. The van der Waals surface area contributed by atoms with Crippen LogP contribution in [0.2, 0.25) is 0 Å². The highest BCUT2D eigenvalue weighted by Gasteiger charge is 2.16. The number of nitriles is 1. The summed E-state index contributed by atoms with van der Waals surface area (Å²) in [4.78, 5) is 10.3. The van der Waals surface area contributed by atoms with Gasteiger partial charge < -0.3 is 4.79 Å². The van der Waals surface area contributed by atoms with Crippen LogP contribution in [0.4, 0.5) is 0 Å². The minimum Gasteiger partial charge on any atom is -0.303 e. The Kier molecular flexibility index (Phi) is 4.52. The lowest BCUT2D eigenvalue weighted by Gasteiger charge is -2.13. The predicted molar refractivity (Wildman–Crippen MR) is 43.8 cm³/mol. The summed E-state index contributed by atoms with van der Waals surface area (Å²) in [6, 6.07) is 2.15. The number of hydrogen-bond donors (Lipinski definition) is 0. The first-order chi connectivity index (χ1) is 5.11. The maximum absolute atomic E-state index is 10.3. The summed E-state index contributed by atoms with van der Waals surface area (Å²) in [6.45, 7) is 5.91. The summed E-state index contributed by atoms with van der Waals surface area (Å²) < 4.78 is 0. The van der Waals surface area contributed by atoms with E-state index >= 15 is 0 Å². The molecule has 0 aliphatic heterocycles. The quantitative estimate of drug-likeness (QED) is 0.579. The van der Waals surface area contributed by atoms with Gasteiger partial charge in [-0.3, -0.25) is 0 Å². The van der Waals surface area contributed by atoms with Gasteiger partial charge in [-0.25, -0.2) is 0 Å². The van der Waals surface area contributed by atoms with Gasteiger partial charge in [-0.05, 0) is 12.3 Å². The molecular weight excluding hydrogens is 138 g/mol. The highest BCUT2D eigenvalue weighted by atomic mass is 16.1. The van der Waals surface area contributed by atoms with E-state index in [9.17, 15) is 4.79 Å². The van der Waals surface area contributed by atoms with E-state index in [4.69, 9.17) is 5.26 Å². The fourth-order valence-electron chi connectivity index (χ4n) is 0.988. The largest absolute Gasteiger partial charge is 0.303 e. The van der Waals surface area contributed by atoms with Gasteiger partial charge in [-0.2, -0.15) is 5.26 Å². The molecule has 0 rings (SSSR count). The number of aldehydes is 1. The molecule has 0 aromatic carbocycles. The van der Waals surface area contributed by atoms with Crippen LogP contribution >= 0.6 is 0 Å². The van der Waals surface area contributed by atoms with E-state index in [0.29, 0.717) is 5.92 Å². The average molecular weight is 153 g/mol. The van der Waals surface area contributed by atoms with E-state index in [1.807, 2.05) is 0 Å². The summed E-state index contributed by atoms with van der Waals surface area (Å²) >= 11 is 0. The van der Waals surface area contributed by atoms with Crippen LogP contribution in [0, 0.1) is 29.1 Å². The van der Waals surface area contributed by atoms with Crippen LogP contribution in [-0.4, -0.2) is 6.29 Å². The Bertz CT molecular complexity index is 157. The molecule has 0 N–H and O–H groups in total. The Morgan fingerprint density at radius 1 is 1.45 bits per heavy atom. The van der Waals surface area contributed by atoms with Crippen molar-refractivity contribution in [1.82, 2.24) is 0 Å². The zero-order valence-corrected chi connectivity index (χ0v) is 7.37. The van der Waals surface area contributed by atoms with E-state index in [0.717, 1.165) is 12.7 Å². The van der Waals surface area contributed by atoms with Gasteiger partial charge in [-0.15, -0.1) is 0 Å². The molecule has 1 unspecified atom stereocenters. The van der Waals surface area contributed by atoms with Gasteiger partial charge >= 0.3 is 0 Å². The minimum absolute atomic E-state index is 0.104. The van der Waals surface area contributed by atoms with Gasteiger partial charge in [0, 0.05) is 5.92 Å². The van der Waals surface area contributed by atoms with Gasteiger partial charge in [0.2, 0.25) is 0 Å². The van der Waals surface area contributed by atoms with Crippen LogP contribution in [0.25, 0.3) is 0 Å². The van der Waals surface area contributed by atoms with Crippen LogP contribution in [0.5, 0.6) is 0 Å². The second kappa shape index (κ2) is 4.90. The lowest BCUT2D eigenvalue weighted by molar-refractivity contribution is -0.111. The fraction of sp³-hybridized carbons (Fsp3) is 0.778. The smallest absolute Gasteiger partial charge is 0.124 e. The van der Waals surface area contributed by atoms with E-state index in [-0.39, 0.29) is 11.8 Å². The van der Waals surface area contributed by atoms with Crippen molar-refractivity contribution < 1.29 is 4.79 Å². The SMILES string of the molecule is CC(C)C[C@H](C#N)C(C)C=O. The Morgan fingerprint density at radius 3 is 2.27 bits per heavy atom. The molecule has 0 spiro atoms. The summed E-state index contributed by atoms with van der Waals surface area (Å²) in [6.07, 6.45) is 1.67. The lowest BCUT2D eigenvalue weighted by atomic mass is 9.89. The first-order valence-electron chi connectivity index (χ1n) is 3.96. The Morgan fingerprint density at radius 2 is 2.00 bits per heavy atom. The van der Waals surface area contributed by atoms with Crippen LogP contribution in [-0.2, 0) is 4.79 Å². The molecule has 0 saturated carbocycles. The van der Waals surface area contributed by atoms with Crippen molar-refractivity contribution in [1.29, 1.82) is 5.26 Å². The Labute approximate surface area is 68.2 Å². The molecule has 0 amide bonds. The third-order valence-corrected chi connectivity index (χ3v) is 1.74. The van der Waals surface area contributed by atoms with E-state index in [1.165, 1.54) is 0 Å². The number of rotatable bonds is 4. The Balaban J connectivity index is 3.97. The first-order valence-corrected chi connectivity index (χ1v) is 3.96. The molecule has 0 aromatic heterocycles. The van der Waals surface area contributed by atoms with Gasteiger partial charge in [-0.1, -0.05) is 20.8 Å². The van der Waals surface area contributed by atoms with Gasteiger partial charge in [0.15, 0.2) is 0 Å². The second-order valence-corrected chi connectivity index (χ2v) is 3.36. The Hall–Kier alpha value is -0.840.